The van der Waals surface area contributed by atoms with Gasteiger partial charge in [-0.3, -0.25) is 0 Å². The van der Waals surface area contributed by atoms with Crippen LogP contribution in [0.1, 0.15) is 18.6 Å². The van der Waals surface area contributed by atoms with Gasteiger partial charge in [0.05, 0.1) is 7.11 Å². The Balaban J connectivity index is 2.68. The summed E-state index contributed by atoms with van der Waals surface area (Å²) in [5.41, 5.74) is 0.758. The third-order valence-electron chi connectivity index (χ3n) is 2.04. The van der Waals surface area contributed by atoms with E-state index >= 15 is 0 Å². The minimum Gasteiger partial charge on any atom is -0.467 e. The lowest BCUT2D eigenvalue weighted by Crippen LogP contribution is -2.19. The molecule has 1 aromatic rings. The molecule has 88 valence electrons. The van der Waals surface area contributed by atoms with Crippen LogP contribution in [-0.4, -0.2) is 26.5 Å². The molecule has 0 saturated heterocycles. The van der Waals surface area contributed by atoms with Crippen molar-refractivity contribution in [3.63, 3.8) is 0 Å². The normalized spacial score (nSPS) is 12.1. The molecule has 0 N–H and O–H groups in total. The van der Waals surface area contributed by atoms with E-state index in [1.54, 1.807) is 0 Å². The zero-order valence-corrected chi connectivity index (χ0v) is 9.51. The van der Waals surface area contributed by atoms with Gasteiger partial charge in [0.15, 0.2) is 6.10 Å². The van der Waals surface area contributed by atoms with E-state index in [9.17, 15) is 4.79 Å². The summed E-state index contributed by atoms with van der Waals surface area (Å²) in [6.07, 6.45) is -0.724. The fraction of sp³-hybridized carbons (Fsp3) is 0.417. The van der Waals surface area contributed by atoms with E-state index in [0.29, 0.717) is 6.61 Å². The standard InChI is InChI=1S/C12H16O4/c1-3-15-9-16-11(12(13)14-2)10-7-5-4-6-8-10/h4-8,11H,3,9H2,1-2H3/t11-/m1/s1. The van der Waals surface area contributed by atoms with Crippen LogP contribution in [0, 0.1) is 0 Å². The predicted octanol–water partition coefficient (Wildman–Crippen LogP) is 1.91. The van der Waals surface area contributed by atoms with Crippen molar-refractivity contribution in [1.29, 1.82) is 0 Å². The second kappa shape index (κ2) is 6.98. The van der Waals surface area contributed by atoms with Crippen molar-refractivity contribution in [2.75, 3.05) is 20.5 Å². The SMILES string of the molecule is CCOCO[C@@H](C(=O)OC)c1ccccc1. The Morgan fingerprint density at radius 3 is 2.56 bits per heavy atom. The van der Waals surface area contributed by atoms with Gasteiger partial charge < -0.3 is 14.2 Å². The van der Waals surface area contributed by atoms with Crippen LogP contribution >= 0.6 is 0 Å². The van der Waals surface area contributed by atoms with E-state index < -0.39 is 12.1 Å². The van der Waals surface area contributed by atoms with Gasteiger partial charge in [-0.15, -0.1) is 0 Å². The molecule has 1 atom stereocenters. The largest absolute Gasteiger partial charge is 0.467 e. The molecule has 0 aromatic heterocycles. The molecule has 0 fully saturated rings. The number of carbonyl (C=O) groups excluding carboxylic acids is 1. The lowest BCUT2D eigenvalue weighted by molar-refractivity contribution is -0.164. The van der Waals surface area contributed by atoms with E-state index in [4.69, 9.17) is 9.47 Å². The molecule has 1 aromatic carbocycles. The molecular weight excluding hydrogens is 208 g/mol. The molecular formula is C12H16O4. The summed E-state index contributed by atoms with van der Waals surface area (Å²) < 4.78 is 15.1. The molecule has 4 heteroatoms. The Morgan fingerprint density at radius 2 is 2.00 bits per heavy atom. The van der Waals surface area contributed by atoms with Gasteiger partial charge in [0, 0.05) is 6.61 Å². The van der Waals surface area contributed by atoms with Crippen molar-refractivity contribution in [3.05, 3.63) is 35.9 Å². The van der Waals surface area contributed by atoms with Crippen molar-refractivity contribution >= 4 is 5.97 Å². The third kappa shape index (κ3) is 3.64. The smallest absolute Gasteiger partial charge is 0.339 e. The molecule has 1 rings (SSSR count). The monoisotopic (exact) mass is 224 g/mol. The zero-order valence-electron chi connectivity index (χ0n) is 9.51. The summed E-state index contributed by atoms with van der Waals surface area (Å²) >= 11 is 0. The predicted molar refractivity (Wildman–Crippen MR) is 58.8 cm³/mol. The van der Waals surface area contributed by atoms with E-state index in [-0.39, 0.29) is 6.79 Å². The summed E-state index contributed by atoms with van der Waals surface area (Å²) in [5.74, 6) is -0.425. The van der Waals surface area contributed by atoms with Crippen molar-refractivity contribution in [3.8, 4) is 0 Å². The number of benzene rings is 1. The fourth-order valence-corrected chi connectivity index (χ4v) is 1.23. The van der Waals surface area contributed by atoms with Crippen LogP contribution in [0.15, 0.2) is 30.3 Å². The molecule has 0 amide bonds. The molecule has 16 heavy (non-hydrogen) atoms. The summed E-state index contributed by atoms with van der Waals surface area (Å²) in [6.45, 7) is 2.48. The molecule has 0 bridgehead atoms. The maximum absolute atomic E-state index is 11.5. The number of rotatable bonds is 6. The van der Waals surface area contributed by atoms with Crippen LogP contribution in [0.3, 0.4) is 0 Å². The number of methoxy groups -OCH3 is 1. The zero-order chi connectivity index (χ0) is 11.8. The highest BCUT2D eigenvalue weighted by molar-refractivity contribution is 5.76. The Bertz CT molecular complexity index is 310. The number of carbonyl (C=O) groups is 1. The van der Waals surface area contributed by atoms with Gasteiger partial charge >= 0.3 is 5.97 Å². The molecule has 0 unspecified atom stereocenters. The van der Waals surface area contributed by atoms with E-state index in [1.807, 2.05) is 37.3 Å². The fourth-order valence-electron chi connectivity index (χ4n) is 1.23. The van der Waals surface area contributed by atoms with E-state index in [1.165, 1.54) is 7.11 Å². The summed E-state index contributed by atoms with van der Waals surface area (Å²) in [5, 5.41) is 0. The minimum atomic E-state index is -0.724. The summed E-state index contributed by atoms with van der Waals surface area (Å²) in [7, 11) is 1.34. The Hall–Kier alpha value is -1.39. The Kier molecular flexibility index (Phi) is 5.53. The molecule has 0 heterocycles. The maximum Gasteiger partial charge on any atom is 0.339 e. The average Bonchev–Trinajstić information content (AvgIpc) is 2.35. The van der Waals surface area contributed by atoms with Crippen molar-refractivity contribution in [2.45, 2.75) is 13.0 Å². The Labute approximate surface area is 95.1 Å². The van der Waals surface area contributed by atoms with Crippen molar-refractivity contribution in [2.24, 2.45) is 0 Å². The third-order valence-corrected chi connectivity index (χ3v) is 2.04. The van der Waals surface area contributed by atoms with Gasteiger partial charge in [-0.1, -0.05) is 30.3 Å². The van der Waals surface area contributed by atoms with E-state index in [0.717, 1.165) is 5.56 Å². The molecule has 0 aliphatic carbocycles. The summed E-state index contributed by atoms with van der Waals surface area (Å²) in [6, 6.07) is 9.19. The number of ether oxygens (including phenoxy) is 3. The second-order valence-electron chi connectivity index (χ2n) is 3.09. The highest BCUT2D eigenvalue weighted by Crippen LogP contribution is 2.18. The van der Waals surface area contributed by atoms with Crippen LogP contribution < -0.4 is 0 Å². The van der Waals surface area contributed by atoms with Gasteiger partial charge in [0.25, 0.3) is 0 Å². The van der Waals surface area contributed by atoms with Crippen LogP contribution in [-0.2, 0) is 19.0 Å². The first-order valence-electron chi connectivity index (χ1n) is 5.11. The molecule has 0 aliphatic rings. The highest BCUT2D eigenvalue weighted by Gasteiger charge is 2.21. The van der Waals surface area contributed by atoms with Gasteiger partial charge in [-0.25, -0.2) is 4.79 Å². The van der Waals surface area contributed by atoms with Gasteiger partial charge in [-0.05, 0) is 12.5 Å². The Morgan fingerprint density at radius 1 is 1.31 bits per heavy atom. The number of hydrogen-bond acceptors (Lipinski definition) is 4. The first kappa shape index (κ1) is 12.7. The van der Waals surface area contributed by atoms with Crippen molar-refractivity contribution in [1.82, 2.24) is 0 Å². The molecule has 0 radical (unpaired) electrons. The molecule has 0 saturated carbocycles. The van der Waals surface area contributed by atoms with Crippen LogP contribution in [0.2, 0.25) is 0 Å². The highest BCUT2D eigenvalue weighted by atomic mass is 16.7. The van der Waals surface area contributed by atoms with E-state index in [2.05, 4.69) is 4.74 Å². The van der Waals surface area contributed by atoms with Crippen LogP contribution in [0.5, 0.6) is 0 Å². The van der Waals surface area contributed by atoms with Gasteiger partial charge in [0.2, 0.25) is 0 Å². The quantitative estimate of drug-likeness (QED) is 0.420. The second-order valence-corrected chi connectivity index (χ2v) is 3.09. The van der Waals surface area contributed by atoms with Crippen LogP contribution in [0.25, 0.3) is 0 Å². The topological polar surface area (TPSA) is 44.8 Å². The molecule has 0 spiro atoms. The van der Waals surface area contributed by atoms with Crippen molar-refractivity contribution < 1.29 is 19.0 Å². The lowest BCUT2D eigenvalue weighted by atomic mass is 10.1. The number of hydrogen-bond donors (Lipinski definition) is 0. The van der Waals surface area contributed by atoms with Crippen LogP contribution in [0.4, 0.5) is 0 Å². The van der Waals surface area contributed by atoms with Gasteiger partial charge in [0.1, 0.15) is 6.79 Å². The summed E-state index contributed by atoms with van der Waals surface area (Å²) in [4.78, 5) is 11.5. The average molecular weight is 224 g/mol. The first-order valence-corrected chi connectivity index (χ1v) is 5.11. The lowest BCUT2D eigenvalue weighted by Gasteiger charge is -2.15. The maximum atomic E-state index is 11.5. The van der Waals surface area contributed by atoms with Gasteiger partial charge in [-0.2, -0.15) is 0 Å². The minimum absolute atomic E-state index is 0.0746. The number of esters is 1. The molecule has 4 nitrogen and oxygen atoms in total. The molecule has 0 aliphatic heterocycles. The first-order chi connectivity index (χ1) is 7.79.